The minimum atomic E-state index is 0.219. The van der Waals surface area contributed by atoms with Gasteiger partial charge in [-0.3, -0.25) is 14.7 Å². The Balaban J connectivity index is 0.000000197. The molecule has 0 amide bonds. The van der Waals surface area contributed by atoms with Crippen LogP contribution >= 0.6 is 11.9 Å². The molecule has 2 N–H and O–H groups in total. The second-order valence-corrected chi connectivity index (χ2v) is 8.55. The predicted molar refractivity (Wildman–Crippen MR) is 144 cm³/mol. The average Bonchev–Trinajstić information content (AvgIpc) is 2.89. The molecule has 0 unspecified atom stereocenters. The van der Waals surface area contributed by atoms with E-state index in [2.05, 4.69) is 14.6 Å². The number of nitrogens with zero attached hydrogens (tertiary/aromatic N) is 2. The summed E-state index contributed by atoms with van der Waals surface area (Å²) in [6.45, 7) is 5.88. The van der Waals surface area contributed by atoms with Gasteiger partial charge >= 0.3 is 0 Å². The highest BCUT2D eigenvalue weighted by Crippen LogP contribution is 2.28. The van der Waals surface area contributed by atoms with E-state index >= 15 is 0 Å². The van der Waals surface area contributed by atoms with Crippen LogP contribution in [-0.2, 0) is 0 Å². The fourth-order valence-corrected chi connectivity index (χ4v) is 4.13. The maximum Gasteiger partial charge on any atom is 0.161 e. The smallest absolute Gasteiger partial charge is 0.161 e. The molecule has 1 aromatic heterocycles. The van der Waals surface area contributed by atoms with Crippen LogP contribution in [0.5, 0.6) is 11.5 Å². The van der Waals surface area contributed by atoms with E-state index in [4.69, 9.17) is 4.74 Å². The van der Waals surface area contributed by atoms with E-state index in [1.807, 2.05) is 69.4 Å². The Labute approximate surface area is 211 Å². The van der Waals surface area contributed by atoms with Gasteiger partial charge in [-0.1, -0.05) is 44.2 Å². The number of phenolic OH excluding ortho intramolecular Hbond substituents is 1. The van der Waals surface area contributed by atoms with E-state index in [-0.39, 0.29) is 11.9 Å². The lowest BCUT2D eigenvalue weighted by Crippen LogP contribution is -2.51. The van der Waals surface area contributed by atoms with Crippen LogP contribution in [0.3, 0.4) is 0 Å². The molecule has 0 saturated carbocycles. The number of para-hydroxylation sites is 3. The number of likely N-dealkylation sites (tertiary alicyclic amines) is 1. The molecule has 1 aliphatic rings. The number of fused-ring (bicyclic) bond motifs is 1. The maximum atomic E-state index is 10.6. The Morgan fingerprint density at radius 1 is 1.00 bits per heavy atom. The minimum absolute atomic E-state index is 0.219. The molecule has 3 aromatic carbocycles. The van der Waals surface area contributed by atoms with Gasteiger partial charge in [0.15, 0.2) is 11.5 Å². The summed E-state index contributed by atoms with van der Waals surface area (Å²) in [6.07, 6.45) is 2.87. The number of aldehydes is 1. The standard InChI is InChI=1S/C16H12N2OS.C10H13NO2.C2H6/c19-11-12-6-8-14(9-7-12)18-20-15-5-1-3-13-4-2-10-17-16(13)15;1-11-6-8(7-11)13-10-5-3-2-4-9(10)12;1-2/h1-11,18H;2-5,8,12H,6-7H2,1H3;1-2H3. The average molecular weight is 490 g/mol. The molecule has 1 saturated heterocycles. The predicted octanol–water partition coefficient (Wildman–Crippen LogP) is 6.28. The van der Waals surface area contributed by atoms with Crippen molar-refractivity contribution >= 4 is 34.8 Å². The first-order valence-electron chi connectivity index (χ1n) is 11.6. The van der Waals surface area contributed by atoms with E-state index < -0.39 is 0 Å². The number of hydrogen-bond donors (Lipinski definition) is 2. The van der Waals surface area contributed by atoms with Crippen molar-refractivity contribution in [1.82, 2.24) is 9.88 Å². The number of aromatic hydroxyl groups is 1. The van der Waals surface area contributed by atoms with Gasteiger partial charge in [-0.25, -0.2) is 0 Å². The van der Waals surface area contributed by atoms with Crippen molar-refractivity contribution in [1.29, 1.82) is 0 Å². The number of carbonyl (C=O) groups is 1. The molecule has 7 heteroatoms. The van der Waals surface area contributed by atoms with Crippen molar-refractivity contribution in [3.8, 4) is 11.5 Å². The topological polar surface area (TPSA) is 74.7 Å². The van der Waals surface area contributed by atoms with E-state index in [1.165, 1.54) is 11.9 Å². The molecule has 0 spiro atoms. The summed E-state index contributed by atoms with van der Waals surface area (Å²) >= 11 is 1.52. The Hall–Kier alpha value is -3.55. The van der Waals surface area contributed by atoms with E-state index in [9.17, 15) is 9.90 Å². The summed E-state index contributed by atoms with van der Waals surface area (Å²) in [5.74, 6) is 0.803. The first kappa shape index (κ1) is 26.1. The molecule has 0 aliphatic carbocycles. The molecular formula is C28H31N3O3S. The number of ether oxygens (including phenoxy) is 1. The normalized spacial score (nSPS) is 12.9. The number of pyridine rings is 1. The molecule has 1 aliphatic heterocycles. The van der Waals surface area contributed by atoms with Crippen LogP contribution in [0.25, 0.3) is 10.9 Å². The van der Waals surface area contributed by atoms with Gasteiger partial charge in [0.05, 0.1) is 10.4 Å². The molecule has 0 atom stereocenters. The van der Waals surface area contributed by atoms with E-state index in [0.717, 1.165) is 40.9 Å². The number of anilines is 1. The van der Waals surface area contributed by atoms with Gasteiger partial charge in [0.25, 0.3) is 0 Å². The van der Waals surface area contributed by atoms with Crippen LogP contribution in [0.15, 0.2) is 90.0 Å². The highest BCUT2D eigenvalue weighted by Gasteiger charge is 2.25. The van der Waals surface area contributed by atoms with Gasteiger partial charge in [-0.05, 0) is 67.5 Å². The zero-order chi connectivity index (χ0) is 25.0. The van der Waals surface area contributed by atoms with Crippen LogP contribution in [0.1, 0.15) is 24.2 Å². The number of carbonyl (C=O) groups excluding carboxylic acids is 1. The first-order chi connectivity index (χ1) is 17.1. The number of benzene rings is 3. The third kappa shape index (κ3) is 7.47. The molecule has 5 rings (SSSR count). The summed E-state index contributed by atoms with van der Waals surface area (Å²) in [6, 6.07) is 24.5. The second-order valence-electron chi connectivity index (χ2n) is 7.70. The number of aromatic nitrogens is 1. The molecule has 6 nitrogen and oxygen atoms in total. The number of rotatable bonds is 6. The molecule has 4 aromatic rings. The lowest BCUT2D eigenvalue weighted by atomic mass is 10.2. The SMILES string of the molecule is CC.CN1CC(Oc2ccccc2O)C1.O=Cc1ccc(NSc2cccc3cccnc23)cc1. The van der Waals surface area contributed by atoms with E-state index in [1.54, 1.807) is 36.5 Å². The Kier molecular flexibility index (Phi) is 9.95. The van der Waals surface area contributed by atoms with Gasteiger partial charge in [0, 0.05) is 35.9 Å². The van der Waals surface area contributed by atoms with Crippen LogP contribution < -0.4 is 9.46 Å². The van der Waals surface area contributed by atoms with Crippen LogP contribution in [0.2, 0.25) is 0 Å². The summed E-state index contributed by atoms with van der Waals surface area (Å²) in [5.41, 5.74) is 2.61. The highest BCUT2D eigenvalue weighted by molar-refractivity contribution is 8.00. The molecule has 0 radical (unpaired) electrons. The van der Waals surface area contributed by atoms with Crippen LogP contribution in [0.4, 0.5) is 5.69 Å². The zero-order valence-electron chi connectivity index (χ0n) is 20.2. The minimum Gasteiger partial charge on any atom is -0.504 e. The Morgan fingerprint density at radius 2 is 1.71 bits per heavy atom. The summed E-state index contributed by atoms with van der Waals surface area (Å²) in [4.78, 5) is 18.3. The third-order valence-electron chi connectivity index (χ3n) is 5.11. The number of nitrogens with one attached hydrogen (secondary N) is 1. The van der Waals surface area contributed by atoms with Crippen molar-refractivity contribution < 1.29 is 14.6 Å². The fourth-order valence-electron chi connectivity index (χ4n) is 3.35. The van der Waals surface area contributed by atoms with Crippen LogP contribution in [-0.4, -0.2) is 47.5 Å². The Morgan fingerprint density at radius 3 is 2.40 bits per heavy atom. The summed E-state index contributed by atoms with van der Waals surface area (Å²) in [5, 5.41) is 10.5. The quantitative estimate of drug-likeness (QED) is 0.244. The monoisotopic (exact) mass is 489 g/mol. The van der Waals surface area contributed by atoms with Crippen molar-refractivity contribution in [2.45, 2.75) is 24.8 Å². The zero-order valence-corrected chi connectivity index (χ0v) is 21.0. The van der Waals surface area contributed by atoms with Gasteiger partial charge in [0.1, 0.15) is 12.4 Å². The molecular weight excluding hydrogens is 458 g/mol. The Bertz CT molecular complexity index is 1210. The largest absolute Gasteiger partial charge is 0.504 e. The lowest BCUT2D eigenvalue weighted by Gasteiger charge is -2.36. The van der Waals surface area contributed by atoms with Gasteiger partial charge in [-0.15, -0.1) is 0 Å². The van der Waals surface area contributed by atoms with Crippen molar-refractivity contribution in [3.63, 3.8) is 0 Å². The summed E-state index contributed by atoms with van der Waals surface area (Å²) < 4.78 is 8.82. The number of likely N-dealkylation sites (N-methyl/N-ethyl adjacent to an activating group) is 1. The van der Waals surface area contributed by atoms with Gasteiger partial charge < -0.3 is 14.6 Å². The van der Waals surface area contributed by atoms with Gasteiger partial charge in [-0.2, -0.15) is 0 Å². The maximum absolute atomic E-state index is 10.6. The second kappa shape index (κ2) is 13.4. The van der Waals surface area contributed by atoms with Crippen molar-refractivity contribution in [3.05, 3.63) is 90.6 Å². The molecule has 35 heavy (non-hydrogen) atoms. The van der Waals surface area contributed by atoms with Crippen LogP contribution in [0, 0.1) is 0 Å². The molecule has 1 fully saturated rings. The van der Waals surface area contributed by atoms with Crippen molar-refractivity contribution in [2.24, 2.45) is 0 Å². The summed E-state index contributed by atoms with van der Waals surface area (Å²) in [7, 11) is 2.05. The highest BCUT2D eigenvalue weighted by atomic mass is 32.2. The number of phenols is 1. The van der Waals surface area contributed by atoms with Crippen molar-refractivity contribution in [2.75, 3.05) is 24.9 Å². The number of hydrogen-bond acceptors (Lipinski definition) is 7. The van der Waals surface area contributed by atoms with Gasteiger partial charge in [0.2, 0.25) is 0 Å². The molecule has 2 heterocycles. The molecule has 0 bridgehead atoms. The fraction of sp³-hybridized carbons (Fsp3) is 0.214. The third-order valence-corrected chi connectivity index (χ3v) is 6.00. The van der Waals surface area contributed by atoms with E-state index in [0.29, 0.717) is 11.3 Å². The lowest BCUT2D eigenvalue weighted by molar-refractivity contribution is 0.0370. The first-order valence-corrected chi connectivity index (χ1v) is 12.4. The molecule has 182 valence electrons.